The van der Waals surface area contributed by atoms with Gasteiger partial charge in [0.05, 0.1) is 5.25 Å². The van der Waals surface area contributed by atoms with Gasteiger partial charge >= 0.3 is 0 Å². The van der Waals surface area contributed by atoms with Crippen LogP contribution in [0.25, 0.3) is 0 Å². The fourth-order valence-electron chi connectivity index (χ4n) is 7.70. The summed E-state index contributed by atoms with van der Waals surface area (Å²) in [4.78, 5) is 0. The van der Waals surface area contributed by atoms with Crippen LogP contribution in [0.2, 0.25) is 19.0 Å². The minimum absolute atomic E-state index is 0.175. The highest BCUT2D eigenvalue weighted by molar-refractivity contribution is 7.89. The quantitative estimate of drug-likeness (QED) is 0.504. The van der Waals surface area contributed by atoms with Crippen molar-refractivity contribution in [3.8, 4) is 0 Å². The van der Waals surface area contributed by atoms with Crippen LogP contribution in [0.4, 0.5) is 0 Å². The summed E-state index contributed by atoms with van der Waals surface area (Å²) in [6.45, 7) is 7.87. The third-order valence-electron chi connectivity index (χ3n) is 9.78. The van der Waals surface area contributed by atoms with Crippen molar-refractivity contribution in [2.45, 2.75) is 108 Å². The topological polar surface area (TPSA) is 61.4 Å². The van der Waals surface area contributed by atoms with Crippen LogP contribution in [-0.2, 0) is 10.0 Å². The Kier molecular flexibility index (Phi) is 8.67. The second kappa shape index (κ2) is 11.1. The van der Waals surface area contributed by atoms with Crippen LogP contribution >= 0.6 is 0 Å². The molecule has 32 heavy (non-hydrogen) atoms. The van der Waals surface area contributed by atoms with Gasteiger partial charge in [-0.15, -0.1) is 0 Å². The summed E-state index contributed by atoms with van der Waals surface area (Å²) < 4.78 is 30.7. The summed E-state index contributed by atoms with van der Waals surface area (Å²) in [5, 5.41) is 6.95. The van der Waals surface area contributed by atoms with Gasteiger partial charge < -0.3 is 10.6 Å². The Bertz CT molecular complexity index is 693. The van der Waals surface area contributed by atoms with Crippen molar-refractivity contribution in [1.82, 2.24) is 14.9 Å². The van der Waals surface area contributed by atoms with Gasteiger partial charge in [-0.25, -0.2) is 8.42 Å². The lowest BCUT2D eigenvalue weighted by Crippen LogP contribution is -2.65. The third-order valence-corrected chi connectivity index (χ3v) is 12.2. The lowest BCUT2D eigenvalue weighted by atomic mass is 9.32. The number of sulfonamides is 1. The van der Waals surface area contributed by atoms with Gasteiger partial charge in [0.15, 0.2) is 0 Å². The van der Waals surface area contributed by atoms with Gasteiger partial charge in [-0.2, -0.15) is 4.31 Å². The first-order chi connectivity index (χ1) is 15.5. The van der Waals surface area contributed by atoms with Crippen LogP contribution in [0, 0.1) is 23.7 Å². The number of hydrogen-bond acceptors (Lipinski definition) is 4. The maximum Gasteiger partial charge on any atom is 0.217 e. The molecule has 0 aromatic carbocycles. The molecule has 7 unspecified atom stereocenters. The minimum Gasteiger partial charge on any atom is -0.319 e. The van der Waals surface area contributed by atoms with Crippen molar-refractivity contribution in [2.75, 3.05) is 26.7 Å². The van der Waals surface area contributed by atoms with Gasteiger partial charge in [0, 0.05) is 25.2 Å². The van der Waals surface area contributed by atoms with E-state index < -0.39 is 10.0 Å². The van der Waals surface area contributed by atoms with Gasteiger partial charge in [0.2, 0.25) is 10.0 Å². The lowest BCUT2D eigenvalue weighted by molar-refractivity contribution is 0.0992. The maximum absolute atomic E-state index is 14.3. The van der Waals surface area contributed by atoms with Crippen LogP contribution in [0.3, 0.4) is 0 Å². The molecule has 4 fully saturated rings. The van der Waals surface area contributed by atoms with Crippen molar-refractivity contribution >= 4 is 16.7 Å². The smallest absolute Gasteiger partial charge is 0.217 e. The highest BCUT2D eigenvalue weighted by Crippen LogP contribution is 2.44. The summed E-state index contributed by atoms with van der Waals surface area (Å²) in [5.74, 6) is 2.02. The number of rotatable bonds is 9. The highest BCUT2D eigenvalue weighted by Gasteiger charge is 2.49. The minimum atomic E-state index is -3.29. The first kappa shape index (κ1) is 25.0. The second-order valence-electron chi connectivity index (χ2n) is 11.4. The maximum atomic E-state index is 14.3. The molecule has 4 rings (SSSR count). The van der Waals surface area contributed by atoms with E-state index in [-0.39, 0.29) is 11.3 Å². The molecule has 0 spiro atoms. The van der Waals surface area contributed by atoms with Crippen LogP contribution in [-0.4, -0.2) is 63.5 Å². The first-order valence-electron chi connectivity index (χ1n) is 13.9. The number of nitrogens with one attached hydrogen (secondary N) is 2. The second-order valence-corrected chi connectivity index (χ2v) is 13.5. The van der Waals surface area contributed by atoms with Gasteiger partial charge in [-0.3, -0.25) is 0 Å². The zero-order chi connectivity index (χ0) is 22.7. The molecule has 7 atom stereocenters. The molecule has 0 radical (unpaired) electrons. The normalized spacial score (nSPS) is 37.5. The molecule has 0 bridgehead atoms. The van der Waals surface area contributed by atoms with Crippen molar-refractivity contribution < 1.29 is 8.42 Å². The zero-order valence-electron chi connectivity index (χ0n) is 20.9. The van der Waals surface area contributed by atoms with E-state index in [1.165, 1.54) is 44.6 Å². The van der Waals surface area contributed by atoms with E-state index in [9.17, 15) is 8.42 Å². The van der Waals surface area contributed by atoms with Crippen LogP contribution < -0.4 is 10.6 Å². The number of nitrogens with zero attached hydrogens (tertiary/aromatic N) is 1. The molecule has 0 aromatic heterocycles. The molecule has 7 heteroatoms. The fourth-order valence-corrected chi connectivity index (χ4v) is 10.4. The molecule has 2 saturated heterocycles. The van der Waals surface area contributed by atoms with Gasteiger partial charge in [-0.05, 0) is 69.4 Å². The predicted molar refractivity (Wildman–Crippen MR) is 136 cm³/mol. The fraction of sp³-hybridized carbons (Fsp3) is 1.00. The Hall–Kier alpha value is -0.105. The van der Waals surface area contributed by atoms with E-state index in [0.717, 1.165) is 51.9 Å². The molecule has 4 aliphatic rings. The number of fused-ring (bicyclic) bond motifs is 1. The molecule has 0 aromatic rings. The van der Waals surface area contributed by atoms with Crippen LogP contribution in [0.5, 0.6) is 0 Å². The summed E-state index contributed by atoms with van der Waals surface area (Å²) >= 11 is 0. The lowest BCUT2D eigenvalue weighted by Gasteiger charge is -2.50. The van der Waals surface area contributed by atoms with E-state index in [1.54, 1.807) is 0 Å². The first-order valence-corrected chi connectivity index (χ1v) is 15.4. The van der Waals surface area contributed by atoms with Crippen LogP contribution in [0.15, 0.2) is 0 Å². The summed E-state index contributed by atoms with van der Waals surface area (Å²) in [6, 6.07) is 0.529. The van der Waals surface area contributed by atoms with Gasteiger partial charge in [0.25, 0.3) is 0 Å². The van der Waals surface area contributed by atoms with Crippen molar-refractivity contribution in [1.29, 1.82) is 0 Å². The molecule has 0 amide bonds. The van der Waals surface area contributed by atoms with Gasteiger partial charge in [0.1, 0.15) is 6.71 Å². The molecule has 184 valence electrons. The van der Waals surface area contributed by atoms with E-state index in [2.05, 4.69) is 31.5 Å². The van der Waals surface area contributed by atoms with E-state index in [1.807, 2.05) is 4.31 Å². The predicted octanol–water partition coefficient (Wildman–Crippen LogP) is 4.10. The third kappa shape index (κ3) is 5.11. The van der Waals surface area contributed by atoms with Gasteiger partial charge in [-0.1, -0.05) is 58.5 Å². The average Bonchev–Trinajstić information content (AvgIpc) is 2.79. The van der Waals surface area contributed by atoms with Crippen molar-refractivity contribution in [2.24, 2.45) is 23.7 Å². The molecular weight excluding hydrogens is 417 g/mol. The Morgan fingerprint density at radius 3 is 2.50 bits per heavy atom. The Balaban J connectivity index is 1.55. The van der Waals surface area contributed by atoms with E-state index in [4.69, 9.17) is 0 Å². The van der Waals surface area contributed by atoms with Crippen molar-refractivity contribution in [3.63, 3.8) is 0 Å². The molecule has 2 heterocycles. The Morgan fingerprint density at radius 2 is 1.84 bits per heavy atom. The standard InChI is InChI=1S/C25H48BN3O2S/c1-4-19-10-11-21(22(18-27-3)17-26-12-7-13-26)16-24(19)32(30,31)29-15-14-28-23-9-6-8-20(5-2)25(23)29/h19-25,27-28H,4-18H2,1-3H3. The SMILES string of the molecule is CCC1CCCC2NCCN(S(=O)(=O)C3CC(C(CNC)CB4CCC4)CCC3CC)C12. The Morgan fingerprint density at radius 1 is 1.06 bits per heavy atom. The largest absolute Gasteiger partial charge is 0.319 e. The summed E-state index contributed by atoms with van der Waals surface area (Å²) in [5.41, 5.74) is 0. The average molecular weight is 466 g/mol. The molecule has 5 nitrogen and oxygen atoms in total. The zero-order valence-corrected chi connectivity index (χ0v) is 21.7. The molecule has 2 aliphatic heterocycles. The molecule has 2 aliphatic carbocycles. The Labute approximate surface area is 198 Å². The highest BCUT2D eigenvalue weighted by atomic mass is 32.2. The van der Waals surface area contributed by atoms with E-state index >= 15 is 0 Å². The number of piperazine rings is 1. The molecule has 2 N–H and O–H groups in total. The van der Waals surface area contributed by atoms with E-state index in [0.29, 0.717) is 36.3 Å². The van der Waals surface area contributed by atoms with Crippen LogP contribution in [0.1, 0.15) is 71.6 Å². The number of hydrogen-bond donors (Lipinski definition) is 2. The van der Waals surface area contributed by atoms with Crippen molar-refractivity contribution in [3.05, 3.63) is 0 Å². The summed E-state index contributed by atoms with van der Waals surface area (Å²) in [6.07, 6.45) is 14.3. The monoisotopic (exact) mass is 465 g/mol. The molecular formula is C25H48BN3O2S. The molecule has 2 saturated carbocycles. The summed E-state index contributed by atoms with van der Waals surface area (Å²) in [7, 11) is -1.22.